The highest BCUT2D eigenvalue weighted by Gasteiger charge is 2.19. The molecule has 3 aromatic rings. The number of aromatic nitrogens is 2. The van der Waals surface area contributed by atoms with Crippen LogP contribution in [0.1, 0.15) is 21.0 Å². The first kappa shape index (κ1) is 22.0. The molecule has 2 aromatic heterocycles. The Morgan fingerprint density at radius 1 is 0.969 bits per heavy atom. The number of nitrogens with zero attached hydrogens (tertiary/aromatic N) is 3. The summed E-state index contributed by atoms with van der Waals surface area (Å²) >= 11 is 2.68. The van der Waals surface area contributed by atoms with Gasteiger partial charge < -0.3 is 19.1 Å². The molecule has 0 saturated carbocycles. The van der Waals surface area contributed by atoms with E-state index in [2.05, 4.69) is 25.7 Å². The average molecular weight is 476 g/mol. The van der Waals surface area contributed by atoms with E-state index in [1.807, 2.05) is 6.07 Å². The maximum absolute atomic E-state index is 12.4. The minimum absolute atomic E-state index is 0.187. The first-order valence-corrected chi connectivity index (χ1v) is 11.4. The molecule has 10 nitrogen and oxygen atoms in total. The molecule has 4 rings (SSSR count). The molecule has 3 heterocycles. The molecule has 1 saturated heterocycles. The Bertz CT molecular complexity index is 1110. The Morgan fingerprint density at radius 3 is 2.31 bits per heavy atom. The van der Waals surface area contributed by atoms with E-state index < -0.39 is 11.8 Å². The van der Waals surface area contributed by atoms with Gasteiger partial charge in [-0.3, -0.25) is 20.4 Å². The zero-order chi connectivity index (χ0) is 22.5. The van der Waals surface area contributed by atoms with Gasteiger partial charge in [0.2, 0.25) is 0 Å². The third-order valence-electron chi connectivity index (χ3n) is 4.66. The van der Waals surface area contributed by atoms with Crippen molar-refractivity contribution in [1.82, 2.24) is 20.8 Å². The number of nitrogens with one attached hydrogen (secondary N) is 2. The first-order chi connectivity index (χ1) is 15.6. The van der Waals surface area contributed by atoms with E-state index in [-0.39, 0.29) is 11.4 Å². The standard InChI is InChI=1S/C20H21N5O5S2/c1-28-15-4-3-12(9-16(15)29-2)19-21-13(10-31-19)17(26)23-24-18(27)14-11-32-20(22-14)25-5-7-30-8-6-25/h3-4,9-11H,5-8H2,1-2H3,(H,23,26)(H,24,27). The second-order valence-electron chi connectivity index (χ2n) is 6.63. The van der Waals surface area contributed by atoms with Crippen LogP contribution in [0.25, 0.3) is 10.6 Å². The summed E-state index contributed by atoms with van der Waals surface area (Å²) in [6.07, 6.45) is 0. The molecule has 1 fully saturated rings. The number of hydrogen-bond donors (Lipinski definition) is 2. The molecule has 2 N–H and O–H groups in total. The molecule has 0 bridgehead atoms. The highest BCUT2D eigenvalue weighted by molar-refractivity contribution is 7.14. The van der Waals surface area contributed by atoms with Gasteiger partial charge in [-0.2, -0.15) is 0 Å². The number of carbonyl (C=O) groups excluding carboxylic acids is 2. The van der Waals surface area contributed by atoms with Gasteiger partial charge in [0.25, 0.3) is 11.8 Å². The van der Waals surface area contributed by atoms with Gasteiger partial charge in [-0.1, -0.05) is 0 Å². The van der Waals surface area contributed by atoms with E-state index in [1.54, 1.807) is 37.1 Å². The van der Waals surface area contributed by atoms with Gasteiger partial charge >= 0.3 is 0 Å². The maximum atomic E-state index is 12.4. The number of carbonyl (C=O) groups is 2. The van der Waals surface area contributed by atoms with Crippen LogP contribution in [-0.2, 0) is 4.74 Å². The van der Waals surface area contributed by atoms with E-state index in [4.69, 9.17) is 14.2 Å². The van der Waals surface area contributed by atoms with Gasteiger partial charge in [0.05, 0.1) is 27.4 Å². The number of ether oxygens (including phenoxy) is 3. The molecule has 0 unspecified atom stereocenters. The minimum atomic E-state index is -0.523. The number of hydrogen-bond acceptors (Lipinski definition) is 10. The highest BCUT2D eigenvalue weighted by atomic mass is 32.1. The lowest BCUT2D eigenvalue weighted by molar-refractivity contribution is 0.0842. The van der Waals surface area contributed by atoms with Crippen molar-refractivity contribution >= 4 is 39.6 Å². The Morgan fingerprint density at radius 2 is 1.62 bits per heavy atom. The fourth-order valence-corrected chi connectivity index (χ4v) is 4.65. The van der Waals surface area contributed by atoms with Crippen molar-refractivity contribution in [2.24, 2.45) is 0 Å². The van der Waals surface area contributed by atoms with Crippen molar-refractivity contribution in [3.05, 3.63) is 40.3 Å². The van der Waals surface area contributed by atoms with E-state index in [0.29, 0.717) is 29.7 Å². The second kappa shape index (κ2) is 9.94. The van der Waals surface area contributed by atoms with Gasteiger partial charge in [0.15, 0.2) is 16.6 Å². The van der Waals surface area contributed by atoms with Crippen LogP contribution in [0.5, 0.6) is 11.5 Å². The SMILES string of the molecule is COc1ccc(-c2nc(C(=O)NNC(=O)c3csc(N4CCOCC4)n3)cs2)cc1OC. The lowest BCUT2D eigenvalue weighted by Gasteiger charge is -2.25. The average Bonchev–Trinajstić information content (AvgIpc) is 3.53. The molecule has 0 radical (unpaired) electrons. The summed E-state index contributed by atoms with van der Waals surface area (Å²) in [5.41, 5.74) is 5.98. The van der Waals surface area contributed by atoms with Crippen molar-refractivity contribution in [3.8, 4) is 22.1 Å². The Kier molecular flexibility index (Phi) is 6.83. The number of thiazole rings is 2. The number of rotatable bonds is 6. The summed E-state index contributed by atoms with van der Waals surface area (Å²) in [7, 11) is 3.12. The number of methoxy groups -OCH3 is 2. The van der Waals surface area contributed by atoms with Crippen LogP contribution in [0.15, 0.2) is 29.0 Å². The van der Waals surface area contributed by atoms with Gasteiger partial charge in [-0.05, 0) is 18.2 Å². The predicted octanol–water partition coefficient (Wildman–Crippen LogP) is 2.20. The molecule has 0 spiro atoms. The first-order valence-electron chi connectivity index (χ1n) is 9.66. The van der Waals surface area contributed by atoms with Crippen LogP contribution in [0, 0.1) is 0 Å². The van der Waals surface area contributed by atoms with Crippen molar-refractivity contribution in [2.75, 3.05) is 45.4 Å². The monoisotopic (exact) mass is 475 g/mol. The second-order valence-corrected chi connectivity index (χ2v) is 8.33. The lowest BCUT2D eigenvalue weighted by atomic mass is 10.2. The minimum Gasteiger partial charge on any atom is -0.493 e. The molecule has 0 aliphatic carbocycles. The zero-order valence-electron chi connectivity index (χ0n) is 17.4. The number of morpholine rings is 1. The highest BCUT2D eigenvalue weighted by Crippen LogP contribution is 2.33. The van der Waals surface area contributed by atoms with Gasteiger partial charge in [-0.15, -0.1) is 22.7 Å². The van der Waals surface area contributed by atoms with Crippen LogP contribution >= 0.6 is 22.7 Å². The Labute approximate surface area is 192 Å². The van der Waals surface area contributed by atoms with Crippen LogP contribution in [0.2, 0.25) is 0 Å². The van der Waals surface area contributed by atoms with Gasteiger partial charge in [0, 0.05) is 29.4 Å². The molecule has 32 heavy (non-hydrogen) atoms. The third-order valence-corrected chi connectivity index (χ3v) is 6.46. The predicted molar refractivity (Wildman–Crippen MR) is 121 cm³/mol. The Balaban J connectivity index is 1.36. The van der Waals surface area contributed by atoms with Crippen LogP contribution in [0.3, 0.4) is 0 Å². The quantitative estimate of drug-likeness (QED) is 0.522. The molecule has 1 aliphatic heterocycles. The molecule has 1 aliphatic rings. The smallest absolute Gasteiger partial charge is 0.289 e. The van der Waals surface area contributed by atoms with Crippen molar-refractivity contribution < 1.29 is 23.8 Å². The van der Waals surface area contributed by atoms with Crippen molar-refractivity contribution in [3.63, 3.8) is 0 Å². The summed E-state index contributed by atoms with van der Waals surface area (Å²) in [5.74, 6) is 0.153. The number of amides is 2. The zero-order valence-corrected chi connectivity index (χ0v) is 19.0. The fourth-order valence-electron chi connectivity index (χ4n) is 2.99. The van der Waals surface area contributed by atoms with Crippen molar-refractivity contribution in [1.29, 1.82) is 0 Å². The molecular weight excluding hydrogens is 454 g/mol. The summed E-state index contributed by atoms with van der Waals surface area (Å²) in [5, 5.41) is 4.66. The van der Waals surface area contributed by atoms with E-state index in [9.17, 15) is 9.59 Å². The largest absolute Gasteiger partial charge is 0.493 e. The Hall–Kier alpha value is -3.22. The molecular formula is C20H21N5O5S2. The number of benzene rings is 1. The van der Waals surface area contributed by atoms with Crippen molar-refractivity contribution in [2.45, 2.75) is 0 Å². The molecule has 1 aromatic carbocycles. The van der Waals surface area contributed by atoms with Crippen LogP contribution in [-0.4, -0.2) is 62.3 Å². The molecule has 12 heteroatoms. The molecule has 168 valence electrons. The summed E-state index contributed by atoms with van der Waals surface area (Å²) in [4.78, 5) is 35.6. The van der Waals surface area contributed by atoms with E-state index in [0.717, 1.165) is 23.8 Å². The summed E-state index contributed by atoms with van der Waals surface area (Å²) in [6.45, 7) is 2.74. The van der Waals surface area contributed by atoms with Crippen LogP contribution in [0.4, 0.5) is 5.13 Å². The third kappa shape index (κ3) is 4.82. The fraction of sp³-hybridized carbons (Fsp3) is 0.300. The maximum Gasteiger partial charge on any atom is 0.289 e. The van der Waals surface area contributed by atoms with E-state index in [1.165, 1.54) is 22.7 Å². The molecule has 2 amide bonds. The van der Waals surface area contributed by atoms with Gasteiger partial charge in [0.1, 0.15) is 16.4 Å². The summed E-state index contributed by atoms with van der Waals surface area (Å²) in [6, 6.07) is 5.39. The molecule has 0 atom stereocenters. The number of anilines is 1. The normalized spacial score (nSPS) is 13.5. The van der Waals surface area contributed by atoms with Gasteiger partial charge in [-0.25, -0.2) is 9.97 Å². The topological polar surface area (TPSA) is 115 Å². The van der Waals surface area contributed by atoms with E-state index >= 15 is 0 Å². The lowest BCUT2D eigenvalue weighted by Crippen LogP contribution is -2.42. The van der Waals surface area contributed by atoms with Crippen LogP contribution < -0.4 is 25.2 Å². The summed E-state index contributed by atoms with van der Waals surface area (Å²) < 4.78 is 15.9. The number of hydrazine groups is 1.